The summed E-state index contributed by atoms with van der Waals surface area (Å²) in [6, 6.07) is 0. The molecule has 0 fully saturated rings. The van der Waals surface area contributed by atoms with Crippen LogP contribution in [-0.2, 0) is 0 Å². The van der Waals surface area contributed by atoms with Crippen LogP contribution in [-0.4, -0.2) is 33.9 Å². The minimum absolute atomic E-state index is 0.0933. The standard InChI is InChI=1S/C7H8BrF3N4O/c8-4-5(12)14-2-15-6(4)13-1-3(16)7(9,10)11/h2-3,16H,1H2,(H3,12,13,14,15). The minimum Gasteiger partial charge on any atom is -0.383 e. The van der Waals surface area contributed by atoms with Crippen LogP contribution in [0.1, 0.15) is 0 Å². The number of anilines is 2. The molecule has 1 aromatic heterocycles. The molecule has 0 saturated heterocycles. The van der Waals surface area contributed by atoms with Crippen molar-refractivity contribution in [3.8, 4) is 0 Å². The normalized spacial score (nSPS) is 13.6. The van der Waals surface area contributed by atoms with Gasteiger partial charge in [0.15, 0.2) is 6.10 Å². The summed E-state index contributed by atoms with van der Waals surface area (Å²) in [5, 5.41) is 11.0. The average molecular weight is 301 g/mol. The molecule has 0 bridgehead atoms. The van der Waals surface area contributed by atoms with E-state index in [0.29, 0.717) is 0 Å². The molecule has 1 rings (SSSR count). The third-order valence-corrected chi connectivity index (χ3v) is 2.44. The van der Waals surface area contributed by atoms with Gasteiger partial charge in [-0.2, -0.15) is 13.2 Å². The van der Waals surface area contributed by atoms with Crippen LogP contribution in [0.2, 0.25) is 0 Å². The number of aliphatic hydroxyl groups excluding tert-OH is 1. The molecule has 4 N–H and O–H groups in total. The largest absolute Gasteiger partial charge is 0.416 e. The van der Waals surface area contributed by atoms with Crippen molar-refractivity contribution in [1.29, 1.82) is 0 Å². The fourth-order valence-corrected chi connectivity index (χ4v) is 1.16. The summed E-state index contributed by atoms with van der Waals surface area (Å²) in [6.45, 7) is -0.710. The molecule has 0 aliphatic heterocycles. The third-order valence-electron chi connectivity index (χ3n) is 1.66. The van der Waals surface area contributed by atoms with Crippen LogP contribution in [0.4, 0.5) is 24.8 Å². The number of nitrogens with zero attached hydrogens (tertiary/aromatic N) is 2. The number of nitrogens with two attached hydrogens (primary N) is 1. The van der Waals surface area contributed by atoms with Gasteiger partial charge in [-0.15, -0.1) is 0 Å². The molecule has 1 aromatic rings. The third kappa shape index (κ3) is 3.20. The quantitative estimate of drug-likeness (QED) is 0.780. The van der Waals surface area contributed by atoms with Crippen LogP contribution in [0.25, 0.3) is 0 Å². The molecule has 16 heavy (non-hydrogen) atoms. The molecule has 1 atom stereocenters. The maximum atomic E-state index is 12.0. The maximum absolute atomic E-state index is 12.0. The highest BCUT2D eigenvalue weighted by molar-refractivity contribution is 9.10. The topological polar surface area (TPSA) is 84.1 Å². The fourth-order valence-electron chi connectivity index (χ4n) is 0.816. The molecule has 0 amide bonds. The number of rotatable bonds is 3. The van der Waals surface area contributed by atoms with Crippen LogP contribution in [0.5, 0.6) is 0 Å². The van der Waals surface area contributed by atoms with Crippen molar-refractivity contribution in [1.82, 2.24) is 9.97 Å². The first-order valence-corrected chi connectivity index (χ1v) is 4.86. The molecule has 0 spiro atoms. The zero-order valence-corrected chi connectivity index (χ0v) is 9.38. The van der Waals surface area contributed by atoms with E-state index in [9.17, 15) is 13.2 Å². The van der Waals surface area contributed by atoms with Gasteiger partial charge in [0.25, 0.3) is 0 Å². The average Bonchev–Trinajstić information content (AvgIpc) is 2.18. The molecule has 0 aliphatic rings. The van der Waals surface area contributed by atoms with Crippen LogP contribution >= 0.6 is 15.9 Å². The van der Waals surface area contributed by atoms with Crippen molar-refractivity contribution in [2.45, 2.75) is 12.3 Å². The van der Waals surface area contributed by atoms with Crippen molar-refractivity contribution in [2.24, 2.45) is 0 Å². The van der Waals surface area contributed by atoms with Gasteiger partial charge in [0.2, 0.25) is 0 Å². The first-order chi connectivity index (χ1) is 7.32. The van der Waals surface area contributed by atoms with E-state index >= 15 is 0 Å². The number of nitrogen functional groups attached to an aromatic ring is 1. The van der Waals surface area contributed by atoms with Crippen molar-refractivity contribution in [2.75, 3.05) is 17.6 Å². The van der Waals surface area contributed by atoms with Gasteiger partial charge >= 0.3 is 6.18 Å². The minimum atomic E-state index is -4.67. The lowest BCUT2D eigenvalue weighted by Crippen LogP contribution is -2.35. The summed E-state index contributed by atoms with van der Waals surface area (Å²) in [5.41, 5.74) is 5.39. The van der Waals surface area contributed by atoms with E-state index in [0.717, 1.165) is 6.33 Å². The molecule has 9 heteroatoms. The second-order valence-electron chi connectivity index (χ2n) is 2.86. The van der Waals surface area contributed by atoms with Gasteiger partial charge in [0, 0.05) is 0 Å². The number of aliphatic hydroxyl groups is 1. The summed E-state index contributed by atoms with van der Waals surface area (Å²) in [4.78, 5) is 7.28. The summed E-state index contributed by atoms with van der Waals surface area (Å²) in [5.74, 6) is 0.190. The summed E-state index contributed by atoms with van der Waals surface area (Å²) in [7, 11) is 0. The van der Waals surface area contributed by atoms with Crippen LogP contribution in [0.15, 0.2) is 10.8 Å². The molecule has 90 valence electrons. The van der Waals surface area contributed by atoms with Gasteiger partial charge in [0.05, 0.1) is 6.54 Å². The molecule has 0 aromatic carbocycles. The SMILES string of the molecule is Nc1ncnc(NCC(O)C(F)(F)F)c1Br. The Labute approximate surface area is 97.0 Å². The Bertz CT molecular complexity index is 373. The van der Waals surface area contributed by atoms with E-state index in [1.807, 2.05) is 0 Å². The van der Waals surface area contributed by atoms with Gasteiger partial charge < -0.3 is 16.2 Å². The van der Waals surface area contributed by atoms with Crippen LogP contribution in [0.3, 0.4) is 0 Å². The van der Waals surface area contributed by atoms with Crippen LogP contribution < -0.4 is 11.1 Å². The van der Waals surface area contributed by atoms with Gasteiger partial charge in [-0.05, 0) is 15.9 Å². The van der Waals surface area contributed by atoms with E-state index < -0.39 is 18.8 Å². The Kier molecular flexibility index (Phi) is 3.92. The van der Waals surface area contributed by atoms with Gasteiger partial charge in [0.1, 0.15) is 22.4 Å². The van der Waals surface area contributed by atoms with E-state index in [2.05, 4.69) is 31.2 Å². The second kappa shape index (κ2) is 4.83. The van der Waals surface area contributed by atoms with Crippen molar-refractivity contribution in [3.05, 3.63) is 10.8 Å². The molecule has 0 saturated carbocycles. The van der Waals surface area contributed by atoms with Gasteiger partial charge in [-0.3, -0.25) is 0 Å². The summed E-state index contributed by atoms with van der Waals surface area (Å²) < 4.78 is 36.2. The first kappa shape index (κ1) is 13.0. The molecule has 1 unspecified atom stereocenters. The van der Waals surface area contributed by atoms with Crippen molar-refractivity contribution in [3.63, 3.8) is 0 Å². The number of hydrogen-bond acceptors (Lipinski definition) is 5. The zero-order valence-electron chi connectivity index (χ0n) is 7.79. The van der Waals surface area contributed by atoms with Gasteiger partial charge in [-0.25, -0.2) is 9.97 Å². The van der Waals surface area contributed by atoms with E-state index in [-0.39, 0.29) is 16.1 Å². The number of halogens is 4. The monoisotopic (exact) mass is 300 g/mol. The lowest BCUT2D eigenvalue weighted by molar-refractivity contribution is -0.198. The van der Waals surface area contributed by atoms with E-state index in [1.54, 1.807) is 0 Å². The Balaban J connectivity index is 2.65. The van der Waals surface area contributed by atoms with Crippen LogP contribution in [0, 0.1) is 0 Å². The Morgan fingerprint density at radius 3 is 2.69 bits per heavy atom. The smallest absolute Gasteiger partial charge is 0.383 e. The molecule has 5 nitrogen and oxygen atoms in total. The molecular weight excluding hydrogens is 293 g/mol. The highest BCUT2D eigenvalue weighted by Gasteiger charge is 2.37. The first-order valence-electron chi connectivity index (χ1n) is 4.07. The second-order valence-corrected chi connectivity index (χ2v) is 3.65. The number of alkyl halides is 3. The van der Waals surface area contributed by atoms with Crippen molar-refractivity contribution < 1.29 is 18.3 Å². The highest BCUT2D eigenvalue weighted by atomic mass is 79.9. The number of hydrogen-bond donors (Lipinski definition) is 3. The summed E-state index contributed by atoms with van der Waals surface area (Å²) >= 11 is 3.01. The van der Waals surface area contributed by atoms with E-state index in [1.165, 1.54) is 0 Å². The number of aromatic nitrogens is 2. The predicted octanol–water partition coefficient (Wildman–Crippen LogP) is 1.16. The lowest BCUT2D eigenvalue weighted by atomic mass is 10.3. The summed E-state index contributed by atoms with van der Waals surface area (Å²) in [6.07, 6.45) is -6.03. The molecule has 0 aliphatic carbocycles. The Morgan fingerprint density at radius 2 is 2.12 bits per heavy atom. The fraction of sp³-hybridized carbons (Fsp3) is 0.429. The van der Waals surface area contributed by atoms with Gasteiger partial charge in [-0.1, -0.05) is 0 Å². The molecular formula is C7H8BrF3N4O. The highest BCUT2D eigenvalue weighted by Crippen LogP contribution is 2.25. The lowest BCUT2D eigenvalue weighted by Gasteiger charge is -2.15. The molecule has 0 radical (unpaired) electrons. The van der Waals surface area contributed by atoms with Crippen molar-refractivity contribution >= 4 is 27.6 Å². The maximum Gasteiger partial charge on any atom is 0.416 e. The number of nitrogens with one attached hydrogen (secondary N) is 1. The zero-order chi connectivity index (χ0) is 12.3. The Morgan fingerprint density at radius 1 is 1.50 bits per heavy atom. The Hall–Kier alpha value is -1.09. The predicted molar refractivity (Wildman–Crippen MR) is 54.7 cm³/mol. The molecule has 1 heterocycles. The van der Waals surface area contributed by atoms with E-state index in [4.69, 9.17) is 10.8 Å².